The minimum atomic E-state index is -1.14. The molecule has 4 heterocycles. The number of ether oxygens (including phenoxy) is 2. The molecule has 2 saturated heterocycles. The van der Waals surface area contributed by atoms with Crippen LogP contribution in [0, 0.1) is 11.2 Å². The van der Waals surface area contributed by atoms with Crippen molar-refractivity contribution in [3.05, 3.63) is 62.5 Å². The lowest BCUT2D eigenvalue weighted by Crippen LogP contribution is -2.54. The summed E-state index contributed by atoms with van der Waals surface area (Å²) in [5, 5.41) is 15.0. The van der Waals surface area contributed by atoms with E-state index in [1.807, 2.05) is 4.90 Å². The molecule has 0 bridgehead atoms. The summed E-state index contributed by atoms with van der Waals surface area (Å²) in [6.07, 6.45) is 1.14. The maximum Gasteiger partial charge on any atom is 0.338 e. The molecule has 3 unspecified atom stereocenters. The number of benzene rings is 1. The van der Waals surface area contributed by atoms with Crippen LogP contribution in [0.3, 0.4) is 0 Å². The van der Waals surface area contributed by atoms with Crippen LogP contribution in [0.15, 0.2) is 46.0 Å². The second-order valence-electron chi connectivity index (χ2n) is 10.6. The topological polar surface area (TPSA) is 134 Å². The molecule has 3 aliphatic heterocycles. The van der Waals surface area contributed by atoms with Gasteiger partial charge in [0.05, 0.1) is 35.8 Å². The molecule has 5 rings (SSSR count). The number of rotatable bonds is 8. The number of hydrogen-bond donors (Lipinski definition) is 2. The van der Waals surface area contributed by atoms with Gasteiger partial charge in [-0.25, -0.2) is 14.2 Å². The molecule has 1 amide bonds. The number of aliphatic carboxylic acids is 1. The number of carbonyl (C=O) groups is 3. The van der Waals surface area contributed by atoms with Crippen LogP contribution in [0.25, 0.3) is 0 Å². The van der Waals surface area contributed by atoms with E-state index in [2.05, 4.69) is 10.3 Å². The van der Waals surface area contributed by atoms with Crippen molar-refractivity contribution >= 4 is 46.6 Å². The van der Waals surface area contributed by atoms with Gasteiger partial charge in [0, 0.05) is 49.0 Å². The van der Waals surface area contributed by atoms with Gasteiger partial charge in [-0.05, 0) is 19.9 Å². The highest BCUT2D eigenvalue weighted by molar-refractivity contribution is 7.11. The Bertz CT molecular complexity index is 1430. The summed E-state index contributed by atoms with van der Waals surface area (Å²) in [6, 6.07) is 2.60. The Labute approximate surface area is 244 Å². The van der Waals surface area contributed by atoms with Gasteiger partial charge in [-0.3, -0.25) is 19.5 Å². The molecular formula is C27H29ClFN5O6S. The molecule has 1 aromatic carbocycles. The van der Waals surface area contributed by atoms with E-state index >= 15 is 0 Å². The van der Waals surface area contributed by atoms with E-state index in [1.54, 1.807) is 31.5 Å². The Balaban J connectivity index is 1.53. The number of nitrogens with zero attached hydrogens (tertiary/aromatic N) is 4. The van der Waals surface area contributed by atoms with Crippen LogP contribution in [0.2, 0.25) is 5.02 Å². The number of carboxylic acid groups (broad SMARTS) is 1. The first-order valence-corrected chi connectivity index (χ1v) is 14.2. The minimum Gasteiger partial charge on any atom is -0.481 e. The molecule has 41 heavy (non-hydrogen) atoms. The standard InChI is InChI=1S/C27H29ClFN5O6S/c1-27(2,26(37)38)13-34-12-17-21(24(34)35)33(8-9-40-17)11-16-18(25(36)39-3)20(14-5-4-6-15(29)19(14)28)32-22(31-16)23-30-7-10-41-23/h4-7,10,17,20-21H,8-9,11-13H2,1-3H3,(H,31,32)(H,37,38). The molecular weight excluding hydrogens is 577 g/mol. The van der Waals surface area contributed by atoms with Gasteiger partial charge in [0.15, 0.2) is 10.8 Å². The summed E-state index contributed by atoms with van der Waals surface area (Å²) in [5.41, 5.74) is -0.340. The predicted molar refractivity (Wildman–Crippen MR) is 148 cm³/mol. The summed E-state index contributed by atoms with van der Waals surface area (Å²) in [4.78, 5) is 51.0. The van der Waals surface area contributed by atoms with Crippen LogP contribution >= 0.6 is 22.9 Å². The molecule has 1 aromatic heterocycles. The molecule has 0 saturated carbocycles. The number of likely N-dealkylation sites (tertiary alicyclic amines) is 1. The first-order valence-electron chi connectivity index (χ1n) is 12.9. The van der Waals surface area contributed by atoms with Gasteiger partial charge >= 0.3 is 11.9 Å². The van der Waals surface area contributed by atoms with Gasteiger partial charge in [0.1, 0.15) is 17.9 Å². The Hall–Kier alpha value is -3.39. The fraction of sp³-hybridized carbons (Fsp3) is 0.444. The highest BCUT2D eigenvalue weighted by Gasteiger charge is 2.49. The number of thiazole rings is 1. The number of aromatic nitrogens is 1. The third-order valence-electron chi connectivity index (χ3n) is 7.39. The lowest BCUT2D eigenvalue weighted by Gasteiger charge is -2.37. The van der Waals surface area contributed by atoms with E-state index in [9.17, 15) is 23.9 Å². The maximum atomic E-state index is 14.5. The summed E-state index contributed by atoms with van der Waals surface area (Å²) in [5.74, 6) is -2.24. The zero-order valence-corrected chi connectivity index (χ0v) is 24.2. The molecule has 0 aliphatic carbocycles. The van der Waals surface area contributed by atoms with Crippen LogP contribution in [0.4, 0.5) is 4.39 Å². The van der Waals surface area contributed by atoms with Crippen LogP contribution < -0.4 is 5.32 Å². The quantitative estimate of drug-likeness (QED) is 0.435. The maximum absolute atomic E-state index is 14.5. The molecule has 14 heteroatoms. The number of morpholine rings is 1. The van der Waals surface area contributed by atoms with Crippen molar-refractivity contribution < 1.29 is 33.4 Å². The Morgan fingerprint density at radius 1 is 1.37 bits per heavy atom. The lowest BCUT2D eigenvalue weighted by atomic mass is 9.93. The van der Waals surface area contributed by atoms with E-state index in [0.29, 0.717) is 29.7 Å². The van der Waals surface area contributed by atoms with Crippen LogP contribution in [0.5, 0.6) is 0 Å². The fourth-order valence-corrected chi connectivity index (χ4v) is 6.11. The van der Waals surface area contributed by atoms with Gasteiger partial charge < -0.3 is 24.8 Å². The van der Waals surface area contributed by atoms with E-state index in [0.717, 1.165) is 0 Å². The molecule has 3 aliphatic rings. The summed E-state index contributed by atoms with van der Waals surface area (Å²) < 4.78 is 25.6. The number of hydrogen-bond acceptors (Lipinski definition) is 10. The van der Waals surface area contributed by atoms with Crippen LogP contribution in [0.1, 0.15) is 30.5 Å². The Morgan fingerprint density at radius 2 is 2.15 bits per heavy atom. The third kappa shape index (κ3) is 5.59. The number of halogens is 2. The van der Waals surface area contributed by atoms with Crippen molar-refractivity contribution in [1.29, 1.82) is 0 Å². The molecule has 0 radical (unpaired) electrons. The zero-order chi connectivity index (χ0) is 29.5. The Morgan fingerprint density at radius 3 is 2.83 bits per heavy atom. The Kier molecular flexibility index (Phi) is 8.15. The van der Waals surface area contributed by atoms with E-state index in [4.69, 9.17) is 26.1 Å². The molecule has 2 fully saturated rings. The zero-order valence-electron chi connectivity index (χ0n) is 22.6. The number of carbonyl (C=O) groups excluding carboxylic acids is 2. The average Bonchev–Trinajstić information content (AvgIpc) is 3.58. The highest BCUT2D eigenvalue weighted by Crippen LogP contribution is 2.38. The molecule has 2 aromatic rings. The van der Waals surface area contributed by atoms with Crippen LogP contribution in [-0.2, 0) is 23.9 Å². The van der Waals surface area contributed by atoms with E-state index in [-0.39, 0.29) is 41.7 Å². The number of methoxy groups -OCH3 is 1. The summed E-state index contributed by atoms with van der Waals surface area (Å²) >= 11 is 7.69. The minimum absolute atomic E-state index is 0.0285. The molecule has 0 spiro atoms. The fourth-order valence-electron chi connectivity index (χ4n) is 5.29. The van der Waals surface area contributed by atoms with Crippen molar-refractivity contribution in [3.8, 4) is 0 Å². The number of carboxylic acids is 1. The second-order valence-corrected chi connectivity index (χ2v) is 11.9. The van der Waals surface area contributed by atoms with Gasteiger partial charge in [-0.1, -0.05) is 23.7 Å². The second kappa shape index (κ2) is 11.5. The van der Waals surface area contributed by atoms with Crippen molar-refractivity contribution in [2.45, 2.75) is 32.0 Å². The van der Waals surface area contributed by atoms with Crippen molar-refractivity contribution in [1.82, 2.24) is 20.1 Å². The number of esters is 1. The van der Waals surface area contributed by atoms with Gasteiger partial charge in [-0.15, -0.1) is 11.3 Å². The number of fused-ring (bicyclic) bond motifs is 1. The van der Waals surface area contributed by atoms with E-state index < -0.39 is 41.4 Å². The summed E-state index contributed by atoms with van der Waals surface area (Å²) in [7, 11) is 1.24. The van der Waals surface area contributed by atoms with Crippen LogP contribution in [-0.4, -0.2) is 95.6 Å². The molecule has 3 atom stereocenters. The van der Waals surface area contributed by atoms with Gasteiger partial charge in [0.2, 0.25) is 5.91 Å². The van der Waals surface area contributed by atoms with Crippen molar-refractivity contribution in [3.63, 3.8) is 0 Å². The largest absolute Gasteiger partial charge is 0.481 e. The molecule has 218 valence electrons. The summed E-state index contributed by atoms with van der Waals surface area (Å²) in [6.45, 7) is 4.22. The first-order chi connectivity index (χ1) is 19.5. The SMILES string of the molecule is COC(=O)C1=C(CN2CCOC3CN(CC(C)(C)C(=O)O)C(=O)C32)NC(c2nccs2)=NC1c1cccc(F)c1Cl. The molecule has 11 nitrogen and oxygen atoms in total. The average molecular weight is 606 g/mol. The van der Waals surface area contributed by atoms with Crippen molar-refractivity contribution in [2.75, 3.05) is 39.9 Å². The number of nitrogens with one attached hydrogen (secondary N) is 1. The lowest BCUT2D eigenvalue weighted by molar-refractivity contribution is -0.149. The monoisotopic (exact) mass is 605 g/mol. The van der Waals surface area contributed by atoms with Gasteiger partial charge in [0.25, 0.3) is 0 Å². The first kappa shape index (κ1) is 29.1. The third-order valence-corrected chi connectivity index (χ3v) is 8.57. The van der Waals surface area contributed by atoms with Gasteiger partial charge in [-0.2, -0.15) is 0 Å². The number of amides is 1. The predicted octanol–water partition coefficient (Wildman–Crippen LogP) is 2.48. The highest BCUT2D eigenvalue weighted by atomic mass is 35.5. The number of amidine groups is 1. The molecule has 2 N–H and O–H groups in total. The van der Waals surface area contributed by atoms with E-state index in [1.165, 1.54) is 35.5 Å². The smallest absolute Gasteiger partial charge is 0.338 e. The van der Waals surface area contributed by atoms with Crippen molar-refractivity contribution in [2.24, 2.45) is 10.4 Å². The number of aliphatic imine (C=N–C) groups is 1. The normalized spacial score (nSPS) is 23.2.